The van der Waals surface area contributed by atoms with Crippen molar-refractivity contribution in [3.63, 3.8) is 0 Å². The minimum atomic E-state index is -0.0763. The summed E-state index contributed by atoms with van der Waals surface area (Å²) in [5, 5.41) is 8.19. The third-order valence-electron chi connectivity index (χ3n) is 3.47. The van der Waals surface area contributed by atoms with Gasteiger partial charge in [-0.25, -0.2) is 4.68 Å². The molecule has 1 saturated heterocycles. The molecule has 6 nitrogen and oxygen atoms in total. The molecule has 0 saturated carbocycles. The van der Waals surface area contributed by atoms with E-state index in [-0.39, 0.29) is 5.91 Å². The normalized spacial score (nSPS) is 15.2. The van der Waals surface area contributed by atoms with Gasteiger partial charge < -0.3 is 9.64 Å². The Morgan fingerprint density at radius 2 is 1.90 bits per heavy atom. The molecule has 0 bridgehead atoms. The average Bonchev–Trinajstić information content (AvgIpc) is 2.90. The fourth-order valence-electron chi connectivity index (χ4n) is 2.27. The summed E-state index contributed by atoms with van der Waals surface area (Å²) < 4.78 is 8.12. The Morgan fingerprint density at radius 1 is 1.24 bits per heavy atom. The summed E-state index contributed by atoms with van der Waals surface area (Å²) in [6.45, 7) is 4.24. The van der Waals surface area contributed by atoms with Crippen LogP contribution in [0.2, 0.25) is 0 Å². The highest BCUT2D eigenvalue weighted by atomic mass is 127. The van der Waals surface area contributed by atoms with Crippen LogP contribution in [0, 0.1) is 10.5 Å². The molecule has 0 atom stereocenters. The van der Waals surface area contributed by atoms with E-state index in [1.165, 1.54) is 0 Å². The third kappa shape index (κ3) is 2.93. The predicted octanol–water partition coefficient (Wildman–Crippen LogP) is 1.65. The van der Waals surface area contributed by atoms with E-state index >= 15 is 0 Å². The molecule has 1 aliphatic rings. The van der Waals surface area contributed by atoms with E-state index in [9.17, 15) is 4.79 Å². The van der Waals surface area contributed by atoms with Gasteiger partial charge in [0.15, 0.2) is 5.69 Å². The van der Waals surface area contributed by atoms with Gasteiger partial charge in [0, 0.05) is 16.7 Å². The fourth-order valence-corrected chi connectivity index (χ4v) is 2.63. The topological polar surface area (TPSA) is 60.3 Å². The second-order valence-corrected chi connectivity index (χ2v) is 6.06. The molecule has 110 valence electrons. The Bertz CT molecular complexity index is 647. The first-order valence-electron chi connectivity index (χ1n) is 6.72. The van der Waals surface area contributed by atoms with Crippen LogP contribution in [0.5, 0.6) is 0 Å². The Kier molecular flexibility index (Phi) is 4.20. The molecule has 1 aromatic carbocycles. The lowest BCUT2D eigenvalue weighted by Crippen LogP contribution is -2.41. The van der Waals surface area contributed by atoms with Crippen molar-refractivity contribution in [2.24, 2.45) is 0 Å². The van der Waals surface area contributed by atoms with E-state index in [2.05, 4.69) is 32.9 Å². The van der Waals surface area contributed by atoms with Gasteiger partial charge in [0.2, 0.25) is 0 Å². The summed E-state index contributed by atoms with van der Waals surface area (Å²) in [7, 11) is 0. The Morgan fingerprint density at radius 3 is 2.57 bits per heavy atom. The summed E-state index contributed by atoms with van der Waals surface area (Å²) in [6, 6.07) is 7.93. The van der Waals surface area contributed by atoms with Crippen LogP contribution in [-0.4, -0.2) is 52.1 Å². The number of halogens is 1. The van der Waals surface area contributed by atoms with Crippen molar-refractivity contribution >= 4 is 28.5 Å². The first kappa shape index (κ1) is 14.5. The van der Waals surface area contributed by atoms with E-state index in [1.54, 1.807) is 9.58 Å². The Balaban J connectivity index is 1.88. The molecule has 2 heterocycles. The highest BCUT2D eigenvalue weighted by Gasteiger charge is 2.24. The van der Waals surface area contributed by atoms with Crippen LogP contribution in [0.25, 0.3) is 5.69 Å². The van der Waals surface area contributed by atoms with Gasteiger partial charge >= 0.3 is 0 Å². The molecule has 1 aliphatic heterocycles. The van der Waals surface area contributed by atoms with Crippen molar-refractivity contribution in [1.29, 1.82) is 0 Å². The highest BCUT2D eigenvalue weighted by Crippen LogP contribution is 2.15. The molecule has 0 spiro atoms. The molecule has 1 aromatic heterocycles. The number of rotatable bonds is 2. The van der Waals surface area contributed by atoms with Crippen LogP contribution in [0.1, 0.15) is 16.2 Å². The van der Waals surface area contributed by atoms with Crippen molar-refractivity contribution in [3.05, 3.63) is 39.2 Å². The first-order chi connectivity index (χ1) is 10.2. The van der Waals surface area contributed by atoms with Crippen molar-refractivity contribution in [2.75, 3.05) is 26.3 Å². The monoisotopic (exact) mass is 398 g/mol. The van der Waals surface area contributed by atoms with Gasteiger partial charge in [-0.3, -0.25) is 4.79 Å². The zero-order valence-electron chi connectivity index (χ0n) is 11.6. The summed E-state index contributed by atoms with van der Waals surface area (Å²) >= 11 is 2.25. The molecule has 0 N–H and O–H groups in total. The van der Waals surface area contributed by atoms with Crippen molar-refractivity contribution in [2.45, 2.75) is 6.92 Å². The maximum Gasteiger partial charge on any atom is 0.276 e. The number of hydrogen-bond donors (Lipinski definition) is 0. The summed E-state index contributed by atoms with van der Waals surface area (Å²) in [5.41, 5.74) is 2.07. The molecule has 2 aromatic rings. The quantitative estimate of drug-likeness (QED) is 0.723. The molecule has 3 rings (SSSR count). The maximum absolute atomic E-state index is 12.5. The van der Waals surface area contributed by atoms with Gasteiger partial charge in [0.1, 0.15) is 0 Å². The van der Waals surface area contributed by atoms with Crippen molar-refractivity contribution in [3.8, 4) is 5.69 Å². The van der Waals surface area contributed by atoms with Gasteiger partial charge in [-0.05, 0) is 53.8 Å². The molecule has 21 heavy (non-hydrogen) atoms. The number of aromatic nitrogens is 3. The minimum Gasteiger partial charge on any atom is -0.378 e. The van der Waals surface area contributed by atoms with Crippen LogP contribution in [0.3, 0.4) is 0 Å². The van der Waals surface area contributed by atoms with Gasteiger partial charge in [-0.2, -0.15) is 0 Å². The van der Waals surface area contributed by atoms with Crippen molar-refractivity contribution < 1.29 is 9.53 Å². The molecule has 1 fully saturated rings. The highest BCUT2D eigenvalue weighted by molar-refractivity contribution is 14.1. The number of ether oxygens (including phenoxy) is 1. The van der Waals surface area contributed by atoms with E-state index in [4.69, 9.17) is 4.74 Å². The standard InChI is InChI=1S/C14H15IN4O2/c1-10-13(14(20)18-6-8-21-9-7-18)16-17-19(10)12-4-2-11(15)3-5-12/h2-5H,6-9H2,1H3. The van der Waals surface area contributed by atoms with Crippen LogP contribution in [0.4, 0.5) is 0 Å². The van der Waals surface area contributed by atoms with Gasteiger partial charge in [0.05, 0.1) is 24.6 Å². The molecular weight excluding hydrogens is 383 g/mol. The number of carbonyl (C=O) groups excluding carboxylic acids is 1. The van der Waals surface area contributed by atoms with Gasteiger partial charge in [-0.1, -0.05) is 5.21 Å². The number of hydrogen-bond acceptors (Lipinski definition) is 4. The molecule has 7 heteroatoms. The van der Waals surface area contributed by atoms with Crippen LogP contribution in [0.15, 0.2) is 24.3 Å². The largest absolute Gasteiger partial charge is 0.378 e. The lowest BCUT2D eigenvalue weighted by atomic mass is 10.2. The first-order valence-corrected chi connectivity index (χ1v) is 7.80. The maximum atomic E-state index is 12.5. The molecule has 0 aliphatic carbocycles. The van der Waals surface area contributed by atoms with E-state index in [0.29, 0.717) is 32.0 Å². The second-order valence-electron chi connectivity index (χ2n) is 4.82. The second kappa shape index (κ2) is 6.10. The number of morpholine rings is 1. The molecule has 1 amide bonds. The summed E-state index contributed by atoms with van der Waals surface area (Å²) in [5.74, 6) is -0.0763. The van der Waals surface area contributed by atoms with Crippen molar-refractivity contribution in [1.82, 2.24) is 19.9 Å². The number of benzene rings is 1. The Hall–Kier alpha value is -1.48. The van der Waals surface area contributed by atoms with E-state index in [1.807, 2.05) is 31.2 Å². The predicted molar refractivity (Wildman–Crippen MR) is 85.5 cm³/mol. The smallest absolute Gasteiger partial charge is 0.276 e. The molecule has 0 radical (unpaired) electrons. The van der Waals surface area contributed by atoms with Crippen LogP contribution in [-0.2, 0) is 4.74 Å². The zero-order chi connectivity index (χ0) is 14.8. The summed E-state index contributed by atoms with van der Waals surface area (Å²) in [6.07, 6.45) is 0. The SMILES string of the molecule is Cc1c(C(=O)N2CCOCC2)nnn1-c1ccc(I)cc1. The van der Waals surface area contributed by atoms with E-state index in [0.717, 1.165) is 15.0 Å². The number of amides is 1. The summed E-state index contributed by atoms with van der Waals surface area (Å²) in [4.78, 5) is 14.2. The average molecular weight is 398 g/mol. The fraction of sp³-hybridized carbons (Fsp3) is 0.357. The molecule has 0 unspecified atom stereocenters. The van der Waals surface area contributed by atoms with E-state index < -0.39 is 0 Å². The van der Waals surface area contributed by atoms with Gasteiger partial charge in [0.25, 0.3) is 5.91 Å². The van der Waals surface area contributed by atoms with Crippen LogP contribution < -0.4 is 0 Å². The zero-order valence-corrected chi connectivity index (χ0v) is 13.8. The Labute approximate surface area is 136 Å². The van der Waals surface area contributed by atoms with Gasteiger partial charge in [-0.15, -0.1) is 5.10 Å². The lowest BCUT2D eigenvalue weighted by Gasteiger charge is -2.26. The number of carbonyl (C=O) groups is 1. The lowest BCUT2D eigenvalue weighted by molar-refractivity contribution is 0.0298. The number of nitrogens with zero attached hydrogens (tertiary/aromatic N) is 4. The third-order valence-corrected chi connectivity index (χ3v) is 4.19. The van der Waals surface area contributed by atoms with Crippen LogP contribution >= 0.6 is 22.6 Å². The minimum absolute atomic E-state index is 0.0763. The molecular formula is C14H15IN4O2.